The van der Waals surface area contributed by atoms with Crippen LogP contribution in [0.15, 0.2) is 24.4 Å². The van der Waals surface area contributed by atoms with Gasteiger partial charge in [0, 0.05) is 17.1 Å². The molecular weight excluding hydrogens is 287 g/mol. The molecule has 0 fully saturated rings. The third-order valence-electron chi connectivity index (χ3n) is 3.14. The van der Waals surface area contributed by atoms with Crippen molar-refractivity contribution in [2.24, 2.45) is 0 Å². The van der Waals surface area contributed by atoms with Gasteiger partial charge in [0.1, 0.15) is 11.4 Å². The number of hydrogen-bond donors (Lipinski definition) is 3. The van der Waals surface area contributed by atoms with Gasteiger partial charge in [0.25, 0.3) is 0 Å². The number of aromatic nitrogens is 1. The maximum absolute atomic E-state index is 13.4. The van der Waals surface area contributed by atoms with Gasteiger partial charge < -0.3 is 20.1 Å². The molecule has 0 spiro atoms. The van der Waals surface area contributed by atoms with Crippen molar-refractivity contribution in [2.45, 2.75) is 38.8 Å². The standard InChI is InChI=1S/C16H21FN2O3/c1-16(2,3)22-15(21)19-12(9-20)6-10-8-18-14-5-4-11(17)7-13(10)14/h4-5,7-8,12,18,20H,6,9H2,1-3H3,(H,19,21)/t12-/m0/s1. The van der Waals surface area contributed by atoms with Crippen LogP contribution in [0.5, 0.6) is 0 Å². The normalized spacial score (nSPS) is 13.1. The summed E-state index contributed by atoms with van der Waals surface area (Å²) in [5, 5.41) is 12.8. The minimum atomic E-state index is -0.603. The predicted molar refractivity (Wildman–Crippen MR) is 82.2 cm³/mol. The van der Waals surface area contributed by atoms with Crippen molar-refractivity contribution in [1.82, 2.24) is 10.3 Å². The third-order valence-corrected chi connectivity index (χ3v) is 3.14. The fraction of sp³-hybridized carbons (Fsp3) is 0.438. The van der Waals surface area contributed by atoms with Crippen LogP contribution in [0.25, 0.3) is 10.9 Å². The van der Waals surface area contributed by atoms with E-state index in [1.807, 2.05) is 0 Å². The van der Waals surface area contributed by atoms with Crippen LogP contribution in [0.4, 0.5) is 9.18 Å². The van der Waals surface area contributed by atoms with Gasteiger partial charge in [-0.1, -0.05) is 0 Å². The molecular formula is C16H21FN2O3. The topological polar surface area (TPSA) is 74.3 Å². The quantitative estimate of drug-likeness (QED) is 0.813. The minimum absolute atomic E-state index is 0.235. The molecule has 0 aliphatic carbocycles. The number of carbonyl (C=O) groups excluding carboxylic acids is 1. The van der Waals surface area contributed by atoms with Gasteiger partial charge >= 0.3 is 6.09 Å². The zero-order valence-electron chi connectivity index (χ0n) is 12.9. The number of aliphatic hydroxyl groups is 1. The molecule has 0 saturated heterocycles. The van der Waals surface area contributed by atoms with Crippen molar-refractivity contribution in [1.29, 1.82) is 0 Å². The molecule has 1 aromatic carbocycles. The Kier molecular flexibility index (Phi) is 4.71. The monoisotopic (exact) mass is 308 g/mol. The second-order valence-corrected chi connectivity index (χ2v) is 6.23. The van der Waals surface area contributed by atoms with Crippen molar-refractivity contribution in [2.75, 3.05) is 6.61 Å². The van der Waals surface area contributed by atoms with Crippen LogP contribution in [0, 0.1) is 5.82 Å². The summed E-state index contributed by atoms with van der Waals surface area (Å²) in [4.78, 5) is 14.8. The van der Waals surface area contributed by atoms with E-state index in [1.54, 1.807) is 33.0 Å². The highest BCUT2D eigenvalue weighted by Gasteiger charge is 2.20. The number of alkyl carbamates (subject to hydrolysis) is 1. The summed E-state index contributed by atoms with van der Waals surface area (Å²) in [5.74, 6) is -0.325. The summed E-state index contributed by atoms with van der Waals surface area (Å²) < 4.78 is 18.5. The summed E-state index contributed by atoms with van der Waals surface area (Å²) >= 11 is 0. The lowest BCUT2D eigenvalue weighted by Gasteiger charge is -2.22. The van der Waals surface area contributed by atoms with Crippen LogP contribution in [-0.2, 0) is 11.2 Å². The number of aromatic amines is 1. The van der Waals surface area contributed by atoms with E-state index >= 15 is 0 Å². The van der Waals surface area contributed by atoms with E-state index in [9.17, 15) is 14.3 Å². The van der Waals surface area contributed by atoms with Gasteiger partial charge in [-0.25, -0.2) is 9.18 Å². The average molecular weight is 308 g/mol. The fourth-order valence-corrected chi connectivity index (χ4v) is 2.22. The Morgan fingerprint density at radius 2 is 2.18 bits per heavy atom. The lowest BCUT2D eigenvalue weighted by Crippen LogP contribution is -2.42. The largest absolute Gasteiger partial charge is 0.444 e. The smallest absolute Gasteiger partial charge is 0.407 e. The lowest BCUT2D eigenvalue weighted by molar-refractivity contribution is 0.0483. The number of hydrogen-bond acceptors (Lipinski definition) is 3. The van der Waals surface area contributed by atoms with Gasteiger partial charge in [-0.05, 0) is 51.0 Å². The van der Waals surface area contributed by atoms with Gasteiger partial charge in [0.2, 0.25) is 0 Å². The summed E-state index contributed by atoms with van der Waals surface area (Å²) in [6.07, 6.45) is 1.54. The van der Waals surface area contributed by atoms with E-state index in [4.69, 9.17) is 4.74 Å². The molecule has 0 radical (unpaired) electrons. The molecule has 120 valence electrons. The summed E-state index contributed by atoms with van der Waals surface area (Å²) in [5.41, 5.74) is 1.03. The Balaban J connectivity index is 2.09. The van der Waals surface area contributed by atoms with Crippen molar-refractivity contribution >= 4 is 17.0 Å². The Morgan fingerprint density at radius 1 is 1.45 bits per heavy atom. The van der Waals surface area contributed by atoms with Crippen LogP contribution in [0.3, 0.4) is 0 Å². The number of benzene rings is 1. The van der Waals surface area contributed by atoms with E-state index < -0.39 is 17.7 Å². The average Bonchev–Trinajstić information content (AvgIpc) is 2.78. The van der Waals surface area contributed by atoms with Crippen molar-refractivity contribution in [3.05, 3.63) is 35.8 Å². The maximum Gasteiger partial charge on any atom is 0.407 e. The van der Waals surface area contributed by atoms with Crippen molar-refractivity contribution < 1.29 is 19.0 Å². The third kappa shape index (κ3) is 4.21. The molecule has 2 rings (SSSR count). The number of rotatable bonds is 4. The van der Waals surface area contributed by atoms with Gasteiger partial charge in [-0.2, -0.15) is 0 Å². The number of carbonyl (C=O) groups is 1. The SMILES string of the molecule is CC(C)(C)OC(=O)N[C@H](CO)Cc1c[nH]c2ccc(F)cc12. The van der Waals surface area contributed by atoms with Crippen molar-refractivity contribution in [3.63, 3.8) is 0 Å². The van der Waals surface area contributed by atoms with E-state index in [0.717, 1.165) is 16.5 Å². The highest BCUT2D eigenvalue weighted by Crippen LogP contribution is 2.20. The zero-order chi connectivity index (χ0) is 16.3. The fourth-order valence-electron chi connectivity index (χ4n) is 2.22. The molecule has 1 aromatic heterocycles. The van der Waals surface area contributed by atoms with Crippen LogP contribution in [-0.4, -0.2) is 34.4 Å². The summed E-state index contributed by atoms with van der Waals surface area (Å²) in [6, 6.07) is 3.97. The number of ether oxygens (including phenoxy) is 1. The lowest BCUT2D eigenvalue weighted by atomic mass is 10.1. The predicted octanol–water partition coefficient (Wildman–Crippen LogP) is 2.74. The van der Waals surface area contributed by atoms with E-state index in [-0.39, 0.29) is 12.4 Å². The molecule has 1 amide bonds. The number of halogens is 1. The van der Waals surface area contributed by atoms with Crippen LogP contribution in [0.1, 0.15) is 26.3 Å². The summed E-state index contributed by atoms with van der Waals surface area (Å²) in [7, 11) is 0. The van der Waals surface area contributed by atoms with Gasteiger partial charge in [0.15, 0.2) is 0 Å². The molecule has 0 aliphatic rings. The van der Waals surface area contributed by atoms with E-state index in [2.05, 4.69) is 10.3 Å². The first-order valence-corrected chi connectivity index (χ1v) is 7.14. The second kappa shape index (κ2) is 6.36. The Bertz CT molecular complexity index is 661. The van der Waals surface area contributed by atoms with Gasteiger partial charge in [0.05, 0.1) is 12.6 Å². The van der Waals surface area contributed by atoms with Crippen LogP contribution in [0.2, 0.25) is 0 Å². The molecule has 1 heterocycles. The molecule has 0 bridgehead atoms. The van der Waals surface area contributed by atoms with E-state index in [0.29, 0.717) is 6.42 Å². The van der Waals surface area contributed by atoms with Crippen LogP contribution >= 0.6 is 0 Å². The number of nitrogens with one attached hydrogen (secondary N) is 2. The van der Waals surface area contributed by atoms with Crippen molar-refractivity contribution in [3.8, 4) is 0 Å². The second-order valence-electron chi connectivity index (χ2n) is 6.23. The molecule has 22 heavy (non-hydrogen) atoms. The van der Waals surface area contributed by atoms with Gasteiger partial charge in [-0.3, -0.25) is 0 Å². The number of amides is 1. The molecule has 3 N–H and O–H groups in total. The molecule has 0 saturated carbocycles. The summed E-state index contributed by atoms with van der Waals surface area (Å²) in [6.45, 7) is 5.07. The number of fused-ring (bicyclic) bond motifs is 1. The maximum atomic E-state index is 13.4. The molecule has 6 heteroatoms. The highest BCUT2D eigenvalue weighted by molar-refractivity contribution is 5.83. The highest BCUT2D eigenvalue weighted by atomic mass is 19.1. The van der Waals surface area contributed by atoms with Crippen LogP contribution < -0.4 is 5.32 Å². The minimum Gasteiger partial charge on any atom is -0.444 e. The van der Waals surface area contributed by atoms with Gasteiger partial charge in [-0.15, -0.1) is 0 Å². The zero-order valence-corrected chi connectivity index (χ0v) is 12.9. The molecule has 0 unspecified atom stereocenters. The Labute approximate surface area is 128 Å². The number of aliphatic hydroxyl groups excluding tert-OH is 1. The first-order chi connectivity index (χ1) is 10.3. The van der Waals surface area contributed by atoms with E-state index in [1.165, 1.54) is 12.1 Å². The molecule has 1 atom stereocenters. The first-order valence-electron chi connectivity index (χ1n) is 7.14. The molecule has 0 aliphatic heterocycles. The molecule has 5 nitrogen and oxygen atoms in total. The number of H-pyrrole nitrogens is 1. The Hall–Kier alpha value is -2.08. The first kappa shape index (κ1) is 16.3. The Morgan fingerprint density at radius 3 is 2.82 bits per heavy atom. The molecule has 2 aromatic rings.